The lowest BCUT2D eigenvalue weighted by Gasteiger charge is -2.07. The minimum Gasteiger partial charge on any atom is -0.465 e. The molecule has 0 unspecified atom stereocenters. The zero-order valence-corrected chi connectivity index (χ0v) is 11.7. The van der Waals surface area contributed by atoms with Crippen LogP contribution in [0.25, 0.3) is 0 Å². The fourth-order valence-electron chi connectivity index (χ4n) is 1.68. The fraction of sp³-hybridized carbons (Fsp3) is 0.462. The van der Waals surface area contributed by atoms with Gasteiger partial charge in [-0.15, -0.1) is 0 Å². The van der Waals surface area contributed by atoms with E-state index in [1.54, 1.807) is 24.3 Å². The summed E-state index contributed by atoms with van der Waals surface area (Å²) in [6.45, 7) is 3.75. The van der Waals surface area contributed by atoms with E-state index in [1.165, 1.54) is 7.11 Å². The second-order valence-electron chi connectivity index (χ2n) is 4.64. The monoisotopic (exact) mass is 270 g/mol. The number of rotatable bonds is 5. The third-order valence-electron chi connectivity index (χ3n) is 2.35. The van der Waals surface area contributed by atoms with Gasteiger partial charge in [-0.1, -0.05) is 26.0 Å². The van der Waals surface area contributed by atoms with E-state index in [1.807, 2.05) is 13.8 Å². The zero-order chi connectivity index (χ0) is 13.8. The van der Waals surface area contributed by atoms with Crippen LogP contribution in [0.15, 0.2) is 24.3 Å². The van der Waals surface area contributed by atoms with Crippen molar-refractivity contribution in [1.29, 1.82) is 0 Å². The molecule has 0 aromatic heterocycles. The Morgan fingerprint density at radius 2 is 1.78 bits per heavy atom. The molecule has 0 aliphatic heterocycles. The quantitative estimate of drug-likeness (QED) is 0.768. The van der Waals surface area contributed by atoms with Crippen molar-refractivity contribution in [3.05, 3.63) is 35.4 Å². The van der Waals surface area contributed by atoms with Crippen LogP contribution in [-0.2, 0) is 20.3 Å². The van der Waals surface area contributed by atoms with Gasteiger partial charge in [0.05, 0.1) is 24.2 Å². The molecule has 1 aromatic rings. The average Bonchev–Trinajstić information content (AvgIpc) is 2.26. The van der Waals surface area contributed by atoms with Gasteiger partial charge in [-0.05, 0) is 23.6 Å². The summed E-state index contributed by atoms with van der Waals surface area (Å²) in [5, 5.41) is 0. The van der Waals surface area contributed by atoms with E-state index in [4.69, 9.17) is 0 Å². The third-order valence-corrected chi connectivity index (χ3v) is 4.30. The van der Waals surface area contributed by atoms with E-state index in [9.17, 15) is 13.2 Å². The maximum Gasteiger partial charge on any atom is 0.337 e. The molecule has 0 aliphatic rings. The van der Waals surface area contributed by atoms with E-state index < -0.39 is 15.8 Å². The van der Waals surface area contributed by atoms with Gasteiger partial charge < -0.3 is 4.74 Å². The first-order valence-electron chi connectivity index (χ1n) is 5.72. The van der Waals surface area contributed by atoms with Crippen molar-refractivity contribution in [2.45, 2.75) is 19.6 Å². The normalized spacial score (nSPS) is 11.6. The molecule has 0 fully saturated rings. The van der Waals surface area contributed by atoms with Crippen molar-refractivity contribution in [3.8, 4) is 0 Å². The number of ether oxygens (including phenoxy) is 1. The van der Waals surface area contributed by atoms with Crippen LogP contribution in [0, 0.1) is 5.92 Å². The summed E-state index contributed by atoms with van der Waals surface area (Å²) in [7, 11) is -1.78. The zero-order valence-electron chi connectivity index (χ0n) is 10.8. The topological polar surface area (TPSA) is 60.4 Å². The van der Waals surface area contributed by atoms with E-state index in [-0.39, 0.29) is 17.4 Å². The molecule has 0 atom stereocenters. The molecule has 0 saturated heterocycles. The van der Waals surface area contributed by atoms with Crippen molar-refractivity contribution in [2.75, 3.05) is 12.9 Å². The number of hydrogen-bond donors (Lipinski definition) is 0. The highest BCUT2D eigenvalue weighted by Crippen LogP contribution is 2.11. The van der Waals surface area contributed by atoms with Gasteiger partial charge in [0.15, 0.2) is 9.84 Å². The van der Waals surface area contributed by atoms with Gasteiger partial charge in [-0.25, -0.2) is 13.2 Å². The molecule has 4 nitrogen and oxygen atoms in total. The van der Waals surface area contributed by atoms with Crippen LogP contribution < -0.4 is 0 Å². The molecule has 18 heavy (non-hydrogen) atoms. The first-order valence-corrected chi connectivity index (χ1v) is 7.54. The standard InChI is InChI=1S/C13H18O4S/c1-10(2)8-18(15,16)9-11-4-6-12(7-5-11)13(14)17-3/h4-7,10H,8-9H2,1-3H3. The first kappa shape index (κ1) is 14.7. The molecule has 0 aliphatic carbocycles. The molecule has 100 valence electrons. The highest BCUT2D eigenvalue weighted by molar-refractivity contribution is 7.90. The molecule has 0 radical (unpaired) electrons. The van der Waals surface area contributed by atoms with Crippen molar-refractivity contribution >= 4 is 15.8 Å². The molecule has 1 aromatic carbocycles. The minimum atomic E-state index is -3.09. The maximum absolute atomic E-state index is 11.8. The number of esters is 1. The van der Waals surface area contributed by atoms with Crippen LogP contribution in [-0.4, -0.2) is 27.2 Å². The molecule has 0 bridgehead atoms. The van der Waals surface area contributed by atoms with Crippen molar-refractivity contribution in [1.82, 2.24) is 0 Å². The van der Waals surface area contributed by atoms with Gasteiger partial charge in [-0.2, -0.15) is 0 Å². The highest BCUT2D eigenvalue weighted by Gasteiger charge is 2.14. The van der Waals surface area contributed by atoms with Gasteiger partial charge in [0.25, 0.3) is 0 Å². The smallest absolute Gasteiger partial charge is 0.337 e. The van der Waals surface area contributed by atoms with Crippen LogP contribution in [0.2, 0.25) is 0 Å². The average molecular weight is 270 g/mol. The van der Waals surface area contributed by atoms with Crippen LogP contribution in [0.1, 0.15) is 29.8 Å². The lowest BCUT2D eigenvalue weighted by molar-refractivity contribution is 0.0600. The Hall–Kier alpha value is -1.36. The van der Waals surface area contributed by atoms with Gasteiger partial charge in [0, 0.05) is 0 Å². The number of carbonyl (C=O) groups is 1. The number of hydrogen-bond acceptors (Lipinski definition) is 4. The molecule has 0 N–H and O–H groups in total. The summed E-state index contributed by atoms with van der Waals surface area (Å²) in [5.74, 6) is -0.130. The molecule has 0 saturated carbocycles. The predicted octanol–water partition coefficient (Wildman–Crippen LogP) is 2.04. The Labute approximate surface area is 108 Å². The number of benzene rings is 1. The van der Waals surface area contributed by atoms with Crippen molar-refractivity contribution < 1.29 is 17.9 Å². The summed E-state index contributed by atoms with van der Waals surface area (Å²) in [6.07, 6.45) is 0. The summed E-state index contributed by atoms with van der Waals surface area (Å²) >= 11 is 0. The highest BCUT2D eigenvalue weighted by atomic mass is 32.2. The minimum absolute atomic E-state index is 0.00658. The van der Waals surface area contributed by atoms with E-state index in [0.717, 1.165) is 0 Å². The predicted molar refractivity (Wildman–Crippen MR) is 70.1 cm³/mol. The van der Waals surface area contributed by atoms with Crippen LogP contribution in [0.3, 0.4) is 0 Å². The van der Waals surface area contributed by atoms with E-state index in [0.29, 0.717) is 11.1 Å². The largest absolute Gasteiger partial charge is 0.465 e. The Bertz CT molecular complexity index is 500. The van der Waals surface area contributed by atoms with Gasteiger partial charge in [-0.3, -0.25) is 0 Å². The summed E-state index contributed by atoms with van der Waals surface area (Å²) in [6, 6.07) is 6.44. The number of carbonyl (C=O) groups excluding carboxylic acids is 1. The summed E-state index contributed by atoms with van der Waals surface area (Å²) in [4.78, 5) is 11.2. The number of sulfone groups is 1. The Balaban J connectivity index is 2.78. The van der Waals surface area contributed by atoms with Crippen LogP contribution in [0.5, 0.6) is 0 Å². The molecule has 0 amide bonds. The second-order valence-corrected chi connectivity index (χ2v) is 6.75. The summed E-state index contributed by atoms with van der Waals surface area (Å²) < 4.78 is 28.2. The molecule has 1 rings (SSSR count). The van der Waals surface area contributed by atoms with E-state index >= 15 is 0 Å². The SMILES string of the molecule is COC(=O)c1ccc(CS(=O)(=O)CC(C)C)cc1. The molecule has 0 spiro atoms. The second kappa shape index (κ2) is 6.00. The van der Waals surface area contributed by atoms with Crippen molar-refractivity contribution in [2.24, 2.45) is 5.92 Å². The number of methoxy groups -OCH3 is 1. The Morgan fingerprint density at radius 3 is 2.22 bits per heavy atom. The van der Waals surface area contributed by atoms with Gasteiger partial charge in [0.2, 0.25) is 0 Å². The van der Waals surface area contributed by atoms with Crippen LogP contribution in [0.4, 0.5) is 0 Å². The Kier molecular flexibility index (Phi) is 4.90. The van der Waals surface area contributed by atoms with Gasteiger partial charge in [0.1, 0.15) is 0 Å². The molecule has 0 heterocycles. The third kappa shape index (κ3) is 4.49. The lowest BCUT2D eigenvalue weighted by Crippen LogP contribution is -2.14. The fourth-order valence-corrected chi connectivity index (χ4v) is 3.51. The molecule has 5 heteroatoms. The summed E-state index contributed by atoms with van der Waals surface area (Å²) in [5.41, 5.74) is 1.10. The lowest BCUT2D eigenvalue weighted by atomic mass is 10.1. The van der Waals surface area contributed by atoms with E-state index in [2.05, 4.69) is 4.74 Å². The maximum atomic E-state index is 11.8. The van der Waals surface area contributed by atoms with Gasteiger partial charge >= 0.3 is 5.97 Å². The van der Waals surface area contributed by atoms with Crippen LogP contribution >= 0.6 is 0 Å². The molecular formula is C13H18O4S. The van der Waals surface area contributed by atoms with Crippen molar-refractivity contribution in [3.63, 3.8) is 0 Å². The first-order chi connectivity index (χ1) is 8.34. The molecular weight excluding hydrogens is 252 g/mol. The Morgan fingerprint density at radius 1 is 1.22 bits per heavy atom.